The van der Waals surface area contributed by atoms with Gasteiger partial charge in [-0.2, -0.15) is 0 Å². The number of anilines is 1. The second-order valence-corrected chi connectivity index (χ2v) is 9.43. The molecule has 0 radical (unpaired) electrons. The standard InChI is InChI=1S/C26H32N4O4/c31-26(21-10-11-23(25(18-21)30(32)33)27-14-16-34-17-15-27)29-13-5-9-24(29)22-8-4-12-28(22)19-20-6-2-1-3-7-20/h1-3,6-7,10-11,18,22,24H,4-5,8-9,12-17,19H2/t22-,24-/m0/s1. The maximum Gasteiger partial charge on any atom is 0.293 e. The van der Waals surface area contributed by atoms with E-state index in [1.54, 1.807) is 12.1 Å². The monoisotopic (exact) mass is 464 g/mol. The fourth-order valence-electron chi connectivity index (χ4n) is 5.79. The first-order chi connectivity index (χ1) is 16.6. The fraction of sp³-hybridized carbons (Fsp3) is 0.500. The molecule has 3 fully saturated rings. The molecule has 34 heavy (non-hydrogen) atoms. The lowest BCUT2D eigenvalue weighted by Gasteiger charge is -2.35. The zero-order chi connectivity index (χ0) is 23.5. The first-order valence-electron chi connectivity index (χ1n) is 12.3. The number of hydrogen-bond acceptors (Lipinski definition) is 6. The number of nitrogens with zero attached hydrogens (tertiary/aromatic N) is 4. The molecule has 0 N–H and O–H groups in total. The molecule has 2 aromatic carbocycles. The lowest BCUT2D eigenvalue weighted by Crippen LogP contribution is -2.48. The van der Waals surface area contributed by atoms with Gasteiger partial charge < -0.3 is 14.5 Å². The summed E-state index contributed by atoms with van der Waals surface area (Å²) in [6.07, 6.45) is 4.17. The number of morpholine rings is 1. The summed E-state index contributed by atoms with van der Waals surface area (Å²) in [5.41, 5.74) is 2.26. The molecule has 3 heterocycles. The molecule has 0 saturated carbocycles. The van der Waals surface area contributed by atoms with Crippen LogP contribution in [0.4, 0.5) is 11.4 Å². The summed E-state index contributed by atoms with van der Waals surface area (Å²) < 4.78 is 5.38. The lowest BCUT2D eigenvalue weighted by molar-refractivity contribution is -0.384. The van der Waals surface area contributed by atoms with Gasteiger partial charge in [-0.3, -0.25) is 19.8 Å². The highest BCUT2D eigenvalue weighted by molar-refractivity contribution is 5.96. The Labute approximate surface area is 200 Å². The van der Waals surface area contributed by atoms with E-state index < -0.39 is 0 Å². The second-order valence-electron chi connectivity index (χ2n) is 9.43. The molecule has 0 spiro atoms. The van der Waals surface area contributed by atoms with Gasteiger partial charge in [0.15, 0.2) is 0 Å². The van der Waals surface area contributed by atoms with Gasteiger partial charge in [0.1, 0.15) is 5.69 Å². The first-order valence-corrected chi connectivity index (χ1v) is 12.3. The summed E-state index contributed by atoms with van der Waals surface area (Å²) in [5.74, 6) is -0.0920. The number of carbonyl (C=O) groups excluding carboxylic acids is 1. The predicted molar refractivity (Wildman–Crippen MR) is 130 cm³/mol. The van der Waals surface area contributed by atoms with Crippen molar-refractivity contribution in [3.63, 3.8) is 0 Å². The molecule has 0 unspecified atom stereocenters. The minimum atomic E-state index is -0.373. The molecule has 0 bridgehead atoms. The third-order valence-electron chi connectivity index (χ3n) is 7.42. The van der Waals surface area contributed by atoms with Gasteiger partial charge in [-0.1, -0.05) is 30.3 Å². The quantitative estimate of drug-likeness (QED) is 0.479. The van der Waals surface area contributed by atoms with E-state index in [0.717, 1.165) is 38.8 Å². The van der Waals surface area contributed by atoms with Crippen LogP contribution in [0.3, 0.4) is 0 Å². The largest absolute Gasteiger partial charge is 0.378 e. The van der Waals surface area contributed by atoms with Crippen molar-refractivity contribution in [3.8, 4) is 0 Å². The van der Waals surface area contributed by atoms with Gasteiger partial charge in [0, 0.05) is 49.9 Å². The van der Waals surface area contributed by atoms with Crippen molar-refractivity contribution in [2.45, 2.75) is 44.3 Å². The Morgan fingerprint density at radius 3 is 2.47 bits per heavy atom. The Bertz CT molecular complexity index is 1020. The maximum absolute atomic E-state index is 13.6. The van der Waals surface area contributed by atoms with Crippen molar-refractivity contribution in [1.82, 2.24) is 9.80 Å². The highest BCUT2D eigenvalue weighted by Crippen LogP contribution is 2.34. The molecular formula is C26H32N4O4. The van der Waals surface area contributed by atoms with Crippen LogP contribution >= 0.6 is 0 Å². The van der Waals surface area contributed by atoms with Crippen molar-refractivity contribution < 1.29 is 14.5 Å². The van der Waals surface area contributed by atoms with Gasteiger partial charge in [-0.05, 0) is 49.9 Å². The molecule has 0 aliphatic carbocycles. The number of nitro groups is 1. The average molecular weight is 465 g/mol. The lowest BCUT2D eigenvalue weighted by atomic mass is 10.0. The van der Waals surface area contributed by atoms with E-state index in [9.17, 15) is 14.9 Å². The van der Waals surface area contributed by atoms with Crippen molar-refractivity contribution >= 4 is 17.3 Å². The Kier molecular flexibility index (Phi) is 6.78. The minimum Gasteiger partial charge on any atom is -0.378 e. The summed E-state index contributed by atoms with van der Waals surface area (Å²) >= 11 is 0. The predicted octanol–water partition coefficient (Wildman–Crippen LogP) is 3.70. The summed E-state index contributed by atoms with van der Waals surface area (Å²) in [5, 5.41) is 11.9. The van der Waals surface area contributed by atoms with E-state index in [0.29, 0.717) is 50.1 Å². The third kappa shape index (κ3) is 4.65. The van der Waals surface area contributed by atoms with E-state index in [1.165, 1.54) is 11.6 Å². The number of hydrogen-bond donors (Lipinski definition) is 0. The fourth-order valence-corrected chi connectivity index (χ4v) is 5.79. The summed E-state index contributed by atoms with van der Waals surface area (Å²) in [6, 6.07) is 15.9. The molecule has 1 amide bonds. The van der Waals surface area contributed by atoms with Crippen LogP contribution in [0.15, 0.2) is 48.5 Å². The van der Waals surface area contributed by atoms with Gasteiger partial charge in [0.05, 0.1) is 18.1 Å². The molecule has 180 valence electrons. The van der Waals surface area contributed by atoms with E-state index in [2.05, 4.69) is 29.2 Å². The zero-order valence-electron chi connectivity index (χ0n) is 19.5. The van der Waals surface area contributed by atoms with Gasteiger partial charge >= 0.3 is 0 Å². The Morgan fingerprint density at radius 1 is 0.971 bits per heavy atom. The molecule has 2 aromatic rings. The van der Waals surface area contributed by atoms with Gasteiger partial charge in [-0.15, -0.1) is 0 Å². The summed E-state index contributed by atoms with van der Waals surface area (Å²) in [7, 11) is 0. The zero-order valence-corrected chi connectivity index (χ0v) is 19.5. The molecule has 0 aromatic heterocycles. The van der Waals surface area contributed by atoms with Gasteiger partial charge in [-0.25, -0.2) is 0 Å². The topological polar surface area (TPSA) is 79.2 Å². The van der Waals surface area contributed by atoms with E-state index in [-0.39, 0.29) is 22.6 Å². The molecule has 8 heteroatoms. The number of carbonyl (C=O) groups is 1. The summed E-state index contributed by atoms with van der Waals surface area (Å²) in [4.78, 5) is 31.5. The SMILES string of the molecule is O=C(c1ccc(N2CCOCC2)c([N+](=O)[O-])c1)N1CCC[C@H]1[C@@H]1CCCN1Cc1ccccc1. The van der Waals surface area contributed by atoms with Crippen LogP contribution in [0.2, 0.25) is 0 Å². The Balaban J connectivity index is 1.35. The van der Waals surface area contributed by atoms with E-state index in [1.807, 2.05) is 15.9 Å². The maximum atomic E-state index is 13.6. The molecular weight excluding hydrogens is 432 g/mol. The van der Waals surface area contributed by atoms with E-state index >= 15 is 0 Å². The number of likely N-dealkylation sites (tertiary alicyclic amines) is 2. The van der Waals surface area contributed by atoms with Crippen LogP contribution < -0.4 is 4.90 Å². The van der Waals surface area contributed by atoms with Crippen LogP contribution in [0.5, 0.6) is 0 Å². The average Bonchev–Trinajstić information content (AvgIpc) is 3.54. The number of amides is 1. The molecule has 3 aliphatic heterocycles. The van der Waals surface area contributed by atoms with Crippen LogP contribution in [0.1, 0.15) is 41.6 Å². The van der Waals surface area contributed by atoms with Crippen LogP contribution in [0.25, 0.3) is 0 Å². The van der Waals surface area contributed by atoms with Crippen molar-refractivity contribution in [2.24, 2.45) is 0 Å². The van der Waals surface area contributed by atoms with Crippen LogP contribution in [0, 0.1) is 10.1 Å². The third-order valence-corrected chi connectivity index (χ3v) is 7.42. The van der Waals surface area contributed by atoms with Gasteiger partial charge in [0.25, 0.3) is 11.6 Å². The Hall–Kier alpha value is -2.97. The summed E-state index contributed by atoms with van der Waals surface area (Å²) in [6.45, 7) is 4.96. The number of benzene rings is 2. The molecule has 5 rings (SSSR count). The smallest absolute Gasteiger partial charge is 0.293 e. The first kappa shape index (κ1) is 22.8. The molecule has 3 aliphatic rings. The van der Waals surface area contributed by atoms with Crippen LogP contribution in [-0.4, -0.2) is 72.1 Å². The second kappa shape index (κ2) is 10.1. The minimum absolute atomic E-state index is 0.00457. The number of ether oxygens (including phenoxy) is 1. The highest BCUT2D eigenvalue weighted by Gasteiger charge is 2.40. The Morgan fingerprint density at radius 2 is 1.71 bits per heavy atom. The van der Waals surface area contributed by atoms with Gasteiger partial charge in [0.2, 0.25) is 0 Å². The normalized spacial score (nSPS) is 23.4. The van der Waals surface area contributed by atoms with Crippen molar-refractivity contribution in [2.75, 3.05) is 44.3 Å². The molecule has 2 atom stereocenters. The number of rotatable bonds is 6. The van der Waals surface area contributed by atoms with E-state index in [4.69, 9.17) is 4.74 Å². The molecule has 3 saturated heterocycles. The highest BCUT2D eigenvalue weighted by atomic mass is 16.6. The molecule has 8 nitrogen and oxygen atoms in total. The number of nitro benzene ring substituents is 1. The van der Waals surface area contributed by atoms with Crippen molar-refractivity contribution in [1.29, 1.82) is 0 Å². The van der Waals surface area contributed by atoms with Crippen LogP contribution in [-0.2, 0) is 11.3 Å². The van der Waals surface area contributed by atoms with Crippen molar-refractivity contribution in [3.05, 3.63) is 69.8 Å².